The number of imidazole rings is 1. The second kappa shape index (κ2) is 9.09. The van der Waals surface area contributed by atoms with E-state index in [9.17, 15) is 21.6 Å². The standard InChI is InChI=1S/C19H17F3N6O5S/c1-31-17-15(33-8-12(21)22)18(32-2)27-19(26-17)28-34(29,30)11-7-25-14-9(11)3-4-10(20)13(14)16-23-5-6-24-16/h3-7,12,25H,8H2,1-2H3,(H,23,24)(H,26,27,28). The number of rotatable bonds is 9. The van der Waals surface area contributed by atoms with Gasteiger partial charge in [0.05, 0.1) is 25.3 Å². The zero-order valence-electron chi connectivity index (χ0n) is 17.6. The maximum atomic E-state index is 14.5. The monoisotopic (exact) mass is 498 g/mol. The highest BCUT2D eigenvalue weighted by atomic mass is 32.2. The summed E-state index contributed by atoms with van der Waals surface area (Å²) < 4.78 is 83.0. The molecule has 3 N–H and O–H groups in total. The Morgan fingerprint density at radius 2 is 1.82 bits per heavy atom. The molecule has 11 nitrogen and oxygen atoms in total. The highest BCUT2D eigenvalue weighted by Gasteiger charge is 2.26. The van der Waals surface area contributed by atoms with Gasteiger partial charge in [-0.1, -0.05) is 0 Å². The first kappa shape index (κ1) is 23.2. The molecule has 0 radical (unpaired) electrons. The van der Waals surface area contributed by atoms with E-state index < -0.39 is 34.8 Å². The third-order valence-corrected chi connectivity index (χ3v) is 5.93. The predicted octanol–water partition coefficient (Wildman–Crippen LogP) is 2.95. The molecule has 0 aliphatic rings. The van der Waals surface area contributed by atoms with E-state index in [1.165, 1.54) is 38.9 Å². The van der Waals surface area contributed by atoms with Crippen molar-refractivity contribution in [3.05, 3.63) is 36.5 Å². The molecule has 4 aromatic rings. The quantitative estimate of drug-likeness (QED) is 0.320. The van der Waals surface area contributed by atoms with Gasteiger partial charge in [-0.15, -0.1) is 0 Å². The van der Waals surface area contributed by atoms with E-state index in [1.54, 1.807) is 0 Å². The first-order chi connectivity index (χ1) is 16.2. The molecule has 0 atom stereocenters. The van der Waals surface area contributed by atoms with Gasteiger partial charge in [0.25, 0.3) is 28.2 Å². The van der Waals surface area contributed by atoms with Crippen LogP contribution in [0.1, 0.15) is 0 Å². The van der Waals surface area contributed by atoms with E-state index in [-0.39, 0.29) is 44.7 Å². The van der Waals surface area contributed by atoms with E-state index >= 15 is 0 Å². The van der Waals surface area contributed by atoms with E-state index in [2.05, 4.69) is 29.6 Å². The van der Waals surface area contributed by atoms with Gasteiger partial charge in [0.15, 0.2) is 0 Å². The average Bonchev–Trinajstić information content (AvgIpc) is 3.47. The number of anilines is 1. The van der Waals surface area contributed by atoms with Crippen LogP contribution in [-0.2, 0) is 10.0 Å². The summed E-state index contributed by atoms with van der Waals surface area (Å²) in [5.74, 6) is -1.85. The number of nitrogens with one attached hydrogen (secondary N) is 3. The largest absolute Gasteiger partial charge is 0.478 e. The van der Waals surface area contributed by atoms with Gasteiger partial charge in [0.2, 0.25) is 11.7 Å². The molecule has 0 saturated carbocycles. The minimum absolute atomic E-state index is 0.0593. The van der Waals surface area contributed by atoms with Crippen LogP contribution < -0.4 is 18.9 Å². The van der Waals surface area contributed by atoms with Crippen LogP contribution in [0.2, 0.25) is 0 Å². The summed E-state index contributed by atoms with van der Waals surface area (Å²) in [6.07, 6.45) is 1.32. The summed E-state index contributed by atoms with van der Waals surface area (Å²) in [6.45, 7) is -0.981. The molecule has 180 valence electrons. The molecule has 34 heavy (non-hydrogen) atoms. The molecule has 15 heteroatoms. The minimum atomic E-state index is -4.31. The molecule has 0 fully saturated rings. The molecule has 0 bridgehead atoms. The molecule has 0 unspecified atom stereocenters. The van der Waals surface area contributed by atoms with Crippen LogP contribution in [0.4, 0.5) is 19.1 Å². The Kier molecular flexibility index (Phi) is 6.19. The number of alkyl halides is 2. The van der Waals surface area contributed by atoms with Crippen LogP contribution in [0.3, 0.4) is 0 Å². The number of aromatic amines is 2. The second-order valence-electron chi connectivity index (χ2n) is 6.64. The van der Waals surface area contributed by atoms with E-state index in [1.807, 2.05) is 0 Å². The maximum Gasteiger partial charge on any atom is 0.272 e. The number of aromatic nitrogens is 5. The lowest BCUT2D eigenvalue weighted by Crippen LogP contribution is -2.16. The summed E-state index contributed by atoms with van der Waals surface area (Å²) in [4.78, 5) is 17.1. The van der Waals surface area contributed by atoms with Gasteiger partial charge in [-0.2, -0.15) is 9.97 Å². The van der Waals surface area contributed by atoms with E-state index in [4.69, 9.17) is 14.2 Å². The SMILES string of the molecule is COc1nc(NS(=O)(=O)c2c[nH]c3c(-c4ncc[nH]4)c(F)ccc23)nc(OC)c1OCC(F)F. The Balaban J connectivity index is 1.73. The molecule has 0 saturated heterocycles. The first-order valence-corrected chi connectivity index (χ1v) is 11.0. The van der Waals surface area contributed by atoms with Crippen LogP contribution >= 0.6 is 0 Å². The lowest BCUT2D eigenvalue weighted by atomic mass is 10.1. The van der Waals surface area contributed by atoms with Crippen molar-refractivity contribution in [2.24, 2.45) is 0 Å². The predicted molar refractivity (Wildman–Crippen MR) is 113 cm³/mol. The number of fused-ring (bicyclic) bond motifs is 1. The average molecular weight is 498 g/mol. The Bertz CT molecular complexity index is 1400. The normalized spacial score (nSPS) is 11.7. The van der Waals surface area contributed by atoms with Crippen molar-refractivity contribution >= 4 is 26.9 Å². The molecular weight excluding hydrogens is 481 g/mol. The topological polar surface area (TPSA) is 144 Å². The minimum Gasteiger partial charge on any atom is -0.478 e. The number of H-pyrrole nitrogens is 2. The maximum absolute atomic E-state index is 14.5. The van der Waals surface area contributed by atoms with Gasteiger partial charge in [0.1, 0.15) is 23.1 Å². The lowest BCUT2D eigenvalue weighted by Gasteiger charge is -2.14. The molecule has 0 spiro atoms. The van der Waals surface area contributed by atoms with Crippen molar-refractivity contribution in [3.63, 3.8) is 0 Å². The Morgan fingerprint density at radius 1 is 1.12 bits per heavy atom. The smallest absolute Gasteiger partial charge is 0.272 e. The van der Waals surface area contributed by atoms with Gasteiger partial charge in [-0.3, -0.25) is 0 Å². The summed E-state index contributed by atoms with van der Waals surface area (Å²) in [5.41, 5.74) is 0.256. The number of nitrogens with zero attached hydrogens (tertiary/aromatic N) is 3. The zero-order valence-corrected chi connectivity index (χ0v) is 18.4. The van der Waals surface area contributed by atoms with Gasteiger partial charge in [-0.05, 0) is 12.1 Å². The molecule has 0 amide bonds. The van der Waals surface area contributed by atoms with Gasteiger partial charge >= 0.3 is 0 Å². The number of methoxy groups -OCH3 is 2. The first-order valence-electron chi connectivity index (χ1n) is 9.48. The number of hydrogen-bond acceptors (Lipinski definition) is 8. The highest BCUT2D eigenvalue weighted by molar-refractivity contribution is 7.93. The van der Waals surface area contributed by atoms with E-state index in [0.29, 0.717) is 0 Å². The van der Waals surface area contributed by atoms with Gasteiger partial charge in [0, 0.05) is 24.0 Å². The molecular formula is C19H17F3N6O5S. The third kappa shape index (κ3) is 4.28. The van der Waals surface area contributed by atoms with Gasteiger partial charge in [-0.25, -0.2) is 31.3 Å². The summed E-state index contributed by atoms with van der Waals surface area (Å²) in [7, 11) is -1.95. The molecule has 1 aromatic carbocycles. The summed E-state index contributed by atoms with van der Waals surface area (Å²) in [5, 5.41) is 0.177. The van der Waals surface area contributed by atoms with Crippen LogP contribution in [-0.4, -0.2) is 60.6 Å². The fourth-order valence-electron chi connectivity index (χ4n) is 3.18. The molecule has 0 aliphatic heterocycles. The second-order valence-corrected chi connectivity index (χ2v) is 8.29. The van der Waals surface area contributed by atoms with Crippen molar-refractivity contribution in [2.45, 2.75) is 11.3 Å². The summed E-state index contributed by atoms with van der Waals surface area (Å²) in [6, 6.07) is 2.41. The number of ether oxygens (including phenoxy) is 3. The van der Waals surface area contributed by atoms with Crippen LogP contribution in [0.15, 0.2) is 35.6 Å². The fraction of sp³-hybridized carbons (Fsp3) is 0.211. The Morgan fingerprint density at radius 3 is 2.41 bits per heavy atom. The zero-order chi connectivity index (χ0) is 24.5. The Labute approximate surface area is 190 Å². The number of benzene rings is 1. The summed E-state index contributed by atoms with van der Waals surface area (Å²) >= 11 is 0. The van der Waals surface area contributed by atoms with Crippen molar-refractivity contribution < 1.29 is 35.8 Å². The molecule has 3 aromatic heterocycles. The third-order valence-electron chi connectivity index (χ3n) is 4.56. The van der Waals surface area contributed by atoms with Crippen molar-refractivity contribution in [2.75, 3.05) is 25.5 Å². The number of hydrogen-bond donors (Lipinski definition) is 3. The number of halogens is 3. The molecule has 0 aliphatic carbocycles. The van der Waals surface area contributed by atoms with Crippen LogP contribution in [0, 0.1) is 5.82 Å². The fourth-order valence-corrected chi connectivity index (χ4v) is 4.30. The van der Waals surface area contributed by atoms with Crippen LogP contribution in [0.5, 0.6) is 17.5 Å². The van der Waals surface area contributed by atoms with Crippen LogP contribution in [0.25, 0.3) is 22.3 Å². The lowest BCUT2D eigenvalue weighted by molar-refractivity contribution is 0.0781. The Hall–Kier alpha value is -4.01. The highest BCUT2D eigenvalue weighted by Crippen LogP contribution is 2.37. The van der Waals surface area contributed by atoms with E-state index in [0.717, 1.165) is 6.07 Å². The van der Waals surface area contributed by atoms with Crippen molar-refractivity contribution in [1.82, 2.24) is 24.9 Å². The number of sulfonamides is 1. The molecule has 3 heterocycles. The van der Waals surface area contributed by atoms with Crippen molar-refractivity contribution in [3.8, 4) is 28.9 Å². The van der Waals surface area contributed by atoms with Crippen molar-refractivity contribution in [1.29, 1.82) is 0 Å². The van der Waals surface area contributed by atoms with Gasteiger partial charge < -0.3 is 24.2 Å². The molecule has 4 rings (SSSR count).